The molecule has 4 aliphatic rings. The Kier molecular flexibility index (Phi) is 3.89. The fourth-order valence-electron chi connectivity index (χ4n) is 6.35. The zero-order chi connectivity index (χ0) is 17.4. The number of ether oxygens (including phenoxy) is 3. The largest absolute Gasteiger partial charge is 0.493 e. The Bertz CT molecular complexity index is 783. The lowest BCUT2D eigenvalue weighted by atomic mass is 9.45. The predicted octanol–water partition coefficient (Wildman–Crippen LogP) is 2.56. The summed E-state index contributed by atoms with van der Waals surface area (Å²) in [5.41, 5.74) is 0.731. The second-order valence-electron chi connectivity index (χ2n) is 7.88. The van der Waals surface area contributed by atoms with Gasteiger partial charge in [0.25, 0.3) is 0 Å². The topological polar surface area (TPSA) is 56.8 Å². The van der Waals surface area contributed by atoms with E-state index in [4.69, 9.17) is 14.2 Å². The van der Waals surface area contributed by atoms with Crippen molar-refractivity contribution in [2.45, 2.75) is 62.2 Å². The lowest BCUT2D eigenvalue weighted by Crippen LogP contribution is -2.80. The van der Waals surface area contributed by atoms with E-state index in [0.29, 0.717) is 13.0 Å². The third-order valence-electron chi connectivity index (χ3n) is 7.23. The van der Waals surface area contributed by atoms with Gasteiger partial charge in [-0.25, -0.2) is 0 Å². The number of hydrogen-bond donors (Lipinski definition) is 1. The van der Waals surface area contributed by atoms with Gasteiger partial charge in [-0.1, -0.05) is 6.07 Å². The summed E-state index contributed by atoms with van der Waals surface area (Å²) in [4.78, 5) is 13.1. The minimum atomic E-state index is -0.882. The van der Waals surface area contributed by atoms with Crippen molar-refractivity contribution in [1.29, 1.82) is 0 Å². The van der Waals surface area contributed by atoms with E-state index >= 15 is 0 Å². The molecule has 1 unspecified atom stereocenters. The van der Waals surface area contributed by atoms with Gasteiger partial charge in [0.1, 0.15) is 0 Å². The molecule has 0 aromatic heterocycles. The number of methoxy groups -OCH3 is 1. The van der Waals surface area contributed by atoms with Crippen LogP contribution in [0.15, 0.2) is 12.1 Å². The van der Waals surface area contributed by atoms with Gasteiger partial charge in [0.05, 0.1) is 18.1 Å². The second kappa shape index (κ2) is 5.60. The molecule has 0 amide bonds. The monoisotopic (exact) mass is 379 g/mol. The van der Waals surface area contributed by atoms with E-state index < -0.39 is 16.6 Å². The molecular weight excluding hydrogens is 354 g/mol. The lowest BCUT2D eigenvalue weighted by molar-refractivity contribution is -0.207. The molecule has 1 saturated heterocycles. The Morgan fingerprint density at radius 1 is 1.35 bits per heavy atom. The fraction of sp³-hybridized carbons (Fsp3) is 0.650. The molecule has 2 bridgehead atoms. The molecule has 6 heteroatoms. The first kappa shape index (κ1) is 18.1. The summed E-state index contributed by atoms with van der Waals surface area (Å²) in [7, 11) is 1.66. The number of carbonyl (C=O) groups excluding carboxylic acids is 1. The molecule has 142 valence electrons. The van der Waals surface area contributed by atoms with Gasteiger partial charge in [-0.05, 0) is 51.3 Å². The SMILES string of the molecule is CCOC12CCC(=O)[C@]3(C)Oc4c(OC)ccc5c4[C@]13CCN[C@@H]2C5.Cl. The van der Waals surface area contributed by atoms with Crippen molar-refractivity contribution in [2.24, 2.45) is 0 Å². The highest BCUT2D eigenvalue weighted by atomic mass is 35.5. The zero-order valence-electron chi connectivity index (χ0n) is 15.5. The first-order chi connectivity index (χ1) is 12.0. The number of halogens is 1. The van der Waals surface area contributed by atoms with Crippen molar-refractivity contribution in [3.63, 3.8) is 0 Å². The fourth-order valence-corrected chi connectivity index (χ4v) is 6.35. The third-order valence-corrected chi connectivity index (χ3v) is 7.23. The molecule has 2 fully saturated rings. The van der Waals surface area contributed by atoms with E-state index in [0.717, 1.165) is 37.3 Å². The Hall–Kier alpha value is -1.30. The summed E-state index contributed by atoms with van der Waals surface area (Å²) in [5.74, 6) is 1.68. The summed E-state index contributed by atoms with van der Waals surface area (Å²) in [6.07, 6.45) is 3.01. The van der Waals surface area contributed by atoms with E-state index in [9.17, 15) is 4.79 Å². The van der Waals surface area contributed by atoms with Crippen LogP contribution in [0.5, 0.6) is 11.5 Å². The van der Waals surface area contributed by atoms with Crippen LogP contribution in [0.25, 0.3) is 0 Å². The minimum Gasteiger partial charge on any atom is -0.493 e. The van der Waals surface area contributed by atoms with E-state index in [-0.39, 0.29) is 24.2 Å². The third kappa shape index (κ3) is 1.68. The minimum absolute atomic E-state index is 0. The number of Topliss-reactive ketones (excluding diaryl/α,β-unsaturated/α-hetero) is 1. The van der Waals surface area contributed by atoms with Gasteiger partial charge in [-0.15, -0.1) is 12.4 Å². The summed E-state index contributed by atoms with van der Waals surface area (Å²) >= 11 is 0. The highest BCUT2D eigenvalue weighted by Crippen LogP contribution is 2.68. The number of ketones is 1. The highest BCUT2D eigenvalue weighted by Gasteiger charge is 2.77. The van der Waals surface area contributed by atoms with E-state index in [1.54, 1.807) is 7.11 Å². The van der Waals surface area contributed by atoms with Crippen LogP contribution in [0.3, 0.4) is 0 Å². The van der Waals surface area contributed by atoms with Gasteiger partial charge >= 0.3 is 0 Å². The smallest absolute Gasteiger partial charge is 0.177 e. The molecule has 2 aliphatic heterocycles. The Morgan fingerprint density at radius 2 is 2.15 bits per heavy atom. The maximum atomic E-state index is 13.1. The summed E-state index contributed by atoms with van der Waals surface area (Å²) in [5, 5.41) is 3.69. The molecule has 5 rings (SSSR count). The van der Waals surface area contributed by atoms with Gasteiger partial charge in [0.2, 0.25) is 0 Å². The van der Waals surface area contributed by atoms with Gasteiger partial charge < -0.3 is 19.5 Å². The van der Waals surface area contributed by atoms with Crippen molar-refractivity contribution >= 4 is 18.2 Å². The van der Waals surface area contributed by atoms with Crippen LogP contribution in [0.2, 0.25) is 0 Å². The summed E-state index contributed by atoms with van der Waals surface area (Å²) in [6, 6.07) is 4.33. The predicted molar refractivity (Wildman–Crippen MR) is 99.7 cm³/mol. The average Bonchev–Trinajstić information content (AvgIpc) is 2.87. The summed E-state index contributed by atoms with van der Waals surface area (Å²) < 4.78 is 18.6. The maximum absolute atomic E-state index is 13.1. The second-order valence-corrected chi connectivity index (χ2v) is 7.88. The van der Waals surface area contributed by atoms with Crippen LogP contribution in [0.4, 0.5) is 0 Å². The lowest BCUT2D eigenvalue weighted by Gasteiger charge is -2.64. The van der Waals surface area contributed by atoms with Crippen molar-refractivity contribution in [2.75, 3.05) is 20.3 Å². The average molecular weight is 380 g/mol. The molecule has 2 heterocycles. The van der Waals surface area contributed by atoms with Crippen LogP contribution in [0.1, 0.15) is 44.2 Å². The molecule has 5 nitrogen and oxygen atoms in total. The first-order valence-electron chi connectivity index (χ1n) is 9.34. The first-order valence-corrected chi connectivity index (χ1v) is 9.34. The van der Waals surface area contributed by atoms with Crippen LogP contribution in [0, 0.1) is 0 Å². The van der Waals surface area contributed by atoms with Crippen LogP contribution < -0.4 is 14.8 Å². The van der Waals surface area contributed by atoms with E-state index in [1.165, 1.54) is 11.1 Å². The molecular formula is C20H26ClNO4. The Morgan fingerprint density at radius 3 is 2.88 bits per heavy atom. The zero-order valence-corrected chi connectivity index (χ0v) is 16.3. The molecule has 1 N–H and O–H groups in total. The maximum Gasteiger partial charge on any atom is 0.177 e. The molecule has 1 aromatic rings. The van der Waals surface area contributed by atoms with Crippen molar-refractivity contribution < 1.29 is 19.0 Å². The standard InChI is InChI=1S/C20H25NO4.ClH/c1-4-24-20-8-7-15(22)18(2)19(20)9-10-21-14(20)11-12-5-6-13(23-3)17(25-18)16(12)19;/h5-6,14,21H,4,7-11H2,1-3H3;1H/t14-,18+,19+,20?;/m1./s1. The molecule has 1 saturated carbocycles. The Labute approximate surface area is 160 Å². The van der Waals surface area contributed by atoms with Crippen LogP contribution in [-0.2, 0) is 21.4 Å². The van der Waals surface area contributed by atoms with E-state index in [2.05, 4.69) is 11.4 Å². The molecule has 26 heavy (non-hydrogen) atoms. The number of piperidine rings is 1. The Balaban J connectivity index is 0.00000168. The molecule has 0 radical (unpaired) electrons. The molecule has 1 spiro atoms. The number of nitrogens with one attached hydrogen (secondary N) is 1. The van der Waals surface area contributed by atoms with Crippen molar-refractivity contribution in [1.82, 2.24) is 5.32 Å². The van der Waals surface area contributed by atoms with E-state index in [1.807, 2.05) is 19.9 Å². The number of benzene rings is 1. The van der Waals surface area contributed by atoms with Crippen LogP contribution >= 0.6 is 12.4 Å². The molecule has 1 aromatic carbocycles. The van der Waals surface area contributed by atoms with Gasteiger partial charge in [0.15, 0.2) is 22.9 Å². The normalized spacial score (nSPS) is 38.9. The highest BCUT2D eigenvalue weighted by molar-refractivity contribution is 5.94. The number of carbonyl (C=O) groups is 1. The van der Waals surface area contributed by atoms with Crippen molar-refractivity contribution in [3.8, 4) is 11.5 Å². The number of hydrogen-bond acceptors (Lipinski definition) is 5. The molecule has 4 atom stereocenters. The van der Waals surface area contributed by atoms with Crippen molar-refractivity contribution in [3.05, 3.63) is 23.3 Å². The quantitative estimate of drug-likeness (QED) is 0.874. The summed E-state index contributed by atoms with van der Waals surface area (Å²) in [6.45, 7) is 5.55. The molecule has 2 aliphatic carbocycles. The van der Waals surface area contributed by atoms with Crippen LogP contribution in [-0.4, -0.2) is 43.3 Å². The van der Waals surface area contributed by atoms with Gasteiger partial charge in [-0.3, -0.25) is 4.79 Å². The number of rotatable bonds is 3. The van der Waals surface area contributed by atoms with Gasteiger partial charge in [0, 0.05) is 24.6 Å². The van der Waals surface area contributed by atoms with Gasteiger partial charge in [-0.2, -0.15) is 0 Å².